The number of ether oxygens (including phenoxy) is 3. The Morgan fingerprint density at radius 3 is 2.32 bits per heavy atom. The maximum Gasteiger partial charge on any atom is 0.301 e. The zero-order valence-electron chi connectivity index (χ0n) is 20.6. The summed E-state index contributed by atoms with van der Waals surface area (Å²) in [5, 5.41) is 11.8. The molecule has 0 aliphatic carbocycles. The van der Waals surface area contributed by atoms with Gasteiger partial charge in [0, 0.05) is 5.56 Å². The summed E-state index contributed by atoms with van der Waals surface area (Å²) in [6.07, 6.45) is 0. The second-order valence-electron chi connectivity index (χ2n) is 8.48. The Balaban J connectivity index is 1.71. The molecule has 2 heterocycles. The summed E-state index contributed by atoms with van der Waals surface area (Å²) in [5.41, 5.74) is 2.68. The van der Waals surface area contributed by atoms with Crippen LogP contribution in [0.1, 0.15) is 22.7 Å². The highest BCUT2D eigenvalue weighted by atomic mass is 32.1. The quantitative estimate of drug-likeness (QED) is 0.212. The van der Waals surface area contributed by atoms with Crippen LogP contribution in [0.5, 0.6) is 17.2 Å². The van der Waals surface area contributed by atoms with E-state index >= 15 is 0 Å². The molecule has 1 aromatic heterocycles. The standard InChI is InChI=1S/C28H24N2O6S/c1-15-5-11-19-22(13-15)37-28(29-19)30-24(16-6-9-18(34-2)10-7-16)23(26(32)27(30)33)25(31)17-8-12-20(35-3)21(14-17)36-4/h5-14,24,31H,1-4H3/b25-23+. The maximum atomic E-state index is 13.5. The van der Waals surface area contributed by atoms with Gasteiger partial charge in [-0.15, -0.1) is 0 Å². The van der Waals surface area contributed by atoms with Crippen molar-refractivity contribution in [2.24, 2.45) is 0 Å². The third-order valence-corrected chi connectivity index (χ3v) is 7.29. The number of amides is 1. The van der Waals surface area contributed by atoms with Crippen molar-refractivity contribution < 1.29 is 28.9 Å². The van der Waals surface area contributed by atoms with Gasteiger partial charge in [-0.2, -0.15) is 0 Å². The first-order chi connectivity index (χ1) is 17.9. The van der Waals surface area contributed by atoms with Gasteiger partial charge in [0.1, 0.15) is 11.5 Å². The molecule has 188 valence electrons. The number of Topliss-reactive ketones (excluding diaryl/α,β-unsaturated/α-hetero) is 1. The van der Waals surface area contributed by atoms with Gasteiger partial charge < -0.3 is 19.3 Å². The van der Waals surface area contributed by atoms with Gasteiger partial charge in [0.15, 0.2) is 16.6 Å². The lowest BCUT2D eigenvalue weighted by Crippen LogP contribution is -2.29. The van der Waals surface area contributed by atoms with Crippen LogP contribution >= 0.6 is 11.3 Å². The number of methoxy groups -OCH3 is 3. The van der Waals surface area contributed by atoms with Crippen LogP contribution in [0.15, 0.2) is 66.2 Å². The number of rotatable bonds is 6. The number of nitrogens with zero attached hydrogens (tertiary/aromatic N) is 2. The minimum atomic E-state index is -0.902. The fourth-order valence-electron chi connectivity index (χ4n) is 4.39. The Labute approximate surface area is 217 Å². The van der Waals surface area contributed by atoms with E-state index in [1.54, 1.807) is 49.6 Å². The molecular formula is C28H24N2O6S. The topological polar surface area (TPSA) is 98.2 Å². The molecule has 1 fully saturated rings. The number of aromatic nitrogens is 1. The Bertz CT molecular complexity index is 1560. The third-order valence-electron chi connectivity index (χ3n) is 6.27. The Morgan fingerprint density at radius 2 is 1.65 bits per heavy atom. The normalized spacial score (nSPS) is 16.9. The molecule has 37 heavy (non-hydrogen) atoms. The van der Waals surface area contributed by atoms with Crippen LogP contribution in [-0.4, -0.2) is 43.1 Å². The van der Waals surface area contributed by atoms with Crippen LogP contribution in [0, 0.1) is 6.92 Å². The van der Waals surface area contributed by atoms with Gasteiger partial charge in [0.05, 0.1) is 43.2 Å². The summed E-state index contributed by atoms with van der Waals surface area (Å²) < 4.78 is 16.8. The predicted octanol–water partition coefficient (Wildman–Crippen LogP) is 5.26. The molecule has 1 aliphatic heterocycles. The first-order valence-corrected chi connectivity index (χ1v) is 12.2. The highest BCUT2D eigenvalue weighted by Crippen LogP contribution is 2.45. The van der Waals surface area contributed by atoms with Crippen LogP contribution in [0.4, 0.5) is 5.13 Å². The van der Waals surface area contributed by atoms with Gasteiger partial charge >= 0.3 is 5.91 Å². The van der Waals surface area contributed by atoms with Crippen molar-refractivity contribution in [2.45, 2.75) is 13.0 Å². The molecule has 0 bridgehead atoms. The van der Waals surface area contributed by atoms with Crippen molar-refractivity contribution in [2.75, 3.05) is 26.2 Å². The Morgan fingerprint density at radius 1 is 0.919 bits per heavy atom. The Hall–Kier alpha value is -4.37. The van der Waals surface area contributed by atoms with Crippen LogP contribution in [0.3, 0.4) is 0 Å². The molecule has 1 aliphatic rings. The van der Waals surface area contributed by atoms with Gasteiger partial charge in [0.25, 0.3) is 5.78 Å². The third kappa shape index (κ3) is 4.17. The van der Waals surface area contributed by atoms with Crippen LogP contribution in [0.2, 0.25) is 0 Å². The number of aryl methyl sites for hydroxylation is 1. The van der Waals surface area contributed by atoms with Crippen molar-refractivity contribution in [1.29, 1.82) is 0 Å². The van der Waals surface area contributed by atoms with Gasteiger partial charge in [0.2, 0.25) is 0 Å². The summed E-state index contributed by atoms with van der Waals surface area (Å²) in [5.74, 6) is -0.419. The van der Waals surface area contributed by atoms with Crippen molar-refractivity contribution in [1.82, 2.24) is 4.98 Å². The second kappa shape index (κ2) is 9.59. The van der Waals surface area contributed by atoms with E-state index in [4.69, 9.17) is 14.2 Å². The zero-order valence-corrected chi connectivity index (χ0v) is 21.5. The van der Waals surface area contributed by atoms with E-state index in [0.29, 0.717) is 33.5 Å². The number of aliphatic hydroxyl groups excluding tert-OH is 1. The number of thiazole rings is 1. The van der Waals surface area contributed by atoms with Crippen LogP contribution < -0.4 is 19.1 Å². The van der Waals surface area contributed by atoms with Gasteiger partial charge in [-0.05, 0) is 60.5 Å². The van der Waals surface area contributed by atoms with E-state index in [1.165, 1.54) is 30.5 Å². The molecule has 8 nitrogen and oxygen atoms in total. The van der Waals surface area contributed by atoms with Gasteiger partial charge in [-0.25, -0.2) is 4.98 Å². The van der Waals surface area contributed by atoms with E-state index in [-0.39, 0.29) is 11.3 Å². The average molecular weight is 517 g/mol. The average Bonchev–Trinajstić information content (AvgIpc) is 3.45. The van der Waals surface area contributed by atoms with E-state index in [1.807, 2.05) is 25.1 Å². The lowest BCUT2D eigenvalue weighted by molar-refractivity contribution is -0.132. The lowest BCUT2D eigenvalue weighted by atomic mass is 9.95. The maximum absolute atomic E-state index is 13.5. The summed E-state index contributed by atoms with van der Waals surface area (Å²) in [4.78, 5) is 32.9. The summed E-state index contributed by atoms with van der Waals surface area (Å²) in [7, 11) is 4.54. The van der Waals surface area contributed by atoms with Gasteiger partial charge in [-0.1, -0.05) is 29.5 Å². The number of fused-ring (bicyclic) bond motifs is 1. The van der Waals surface area contributed by atoms with Crippen LogP contribution in [-0.2, 0) is 9.59 Å². The molecule has 9 heteroatoms. The molecule has 1 N–H and O–H groups in total. The minimum absolute atomic E-state index is 0.0437. The lowest BCUT2D eigenvalue weighted by Gasteiger charge is -2.23. The number of carbonyl (C=O) groups is 2. The molecule has 0 spiro atoms. The fraction of sp³-hybridized carbons (Fsp3) is 0.179. The summed E-state index contributed by atoms with van der Waals surface area (Å²) in [6.45, 7) is 1.98. The molecule has 5 rings (SSSR count). The first-order valence-electron chi connectivity index (χ1n) is 11.4. The van der Waals surface area contributed by atoms with E-state index in [0.717, 1.165) is 15.8 Å². The predicted molar refractivity (Wildman–Crippen MR) is 142 cm³/mol. The first kappa shape index (κ1) is 24.3. The smallest absolute Gasteiger partial charge is 0.301 e. The molecule has 0 radical (unpaired) electrons. The largest absolute Gasteiger partial charge is 0.507 e. The highest BCUT2D eigenvalue weighted by Gasteiger charge is 2.48. The Kier molecular flexibility index (Phi) is 6.31. The zero-order chi connectivity index (χ0) is 26.3. The number of anilines is 1. The van der Waals surface area contributed by atoms with E-state index in [2.05, 4.69) is 4.98 Å². The second-order valence-corrected chi connectivity index (χ2v) is 9.49. The molecule has 1 saturated heterocycles. The number of aliphatic hydroxyl groups is 1. The number of carbonyl (C=O) groups excluding carboxylic acids is 2. The highest BCUT2D eigenvalue weighted by molar-refractivity contribution is 7.22. The molecule has 0 saturated carbocycles. The monoisotopic (exact) mass is 516 g/mol. The van der Waals surface area contributed by atoms with Crippen molar-refractivity contribution >= 4 is 44.1 Å². The van der Waals surface area contributed by atoms with Gasteiger partial charge in [-0.3, -0.25) is 14.5 Å². The molecule has 4 aromatic rings. The number of ketones is 1. The summed E-state index contributed by atoms with van der Waals surface area (Å²) >= 11 is 1.32. The molecular weight excluding hydrogens is 492 g/mol. The number of hydrogen-bond donors (Lipinski definition) is 1. The molecule has 1 atom stereocenters. The van der Waals surface area contributed by atoms with Crippen molar-refractivity contribution in [3.8, 4) is 17.2 Å². The van der Waals surface area contributed by atoms with Crippen molar-refractivity contribution in [3.05, 3.63) is 82.9 Å². The minimum Gasteiger partial charge on any atom is -0.507 e. The van der Waals surface area contributed by atoms with Crippen molar-refractivity contribution in [3.63, 3.8) is 0 Å². The fourth-order valence-corrected chi connectivity index (χ4v) is 5.48. The molecule has 3 aromatic carbocycles. The molecule has 1 amide bonds. The van der Waals surface area contributed by atoms with E-state index in [9.17, 15) is 14.7 Å². The van der Waals surface area contributed by atoms with Crippen LogP contribution in [0.25, 0.3) is 16.0 Å². The number of hydrogen-bond acceptors (Lipinski definition) is 8. The number of benzene rings is 3. The van der Waals surface area contributed by atoms with E-state index < -0.39 is 17.7 Å². The molecule has 1 unspecified atom stereocenters. The summed E-state index contributed by atoms with van der Waals surface area (Å²) in [6, 6.07) is 16.7. The SMILES string of the molecule is COc1ccc(C2/C(=C(\O)c3ccc(OC)c(OC)c3)C(=O)C(=O)N2c2nc3ccc(C)cc3s2)cc1.